The number of nitrogens with one attached hydrogen (secondary N) is 1. The number of amides is 1. The van der Waals surface area contributed by atoms with Gasteiger partial charge in [-0.1, -0.05) is 12.1 Å². The number of anilines is 2. The molecule has 0 bridgehead atoms. The van der Waals surface area contributed by atoms with E-state index in [0.29, 0.717) is 5.56 Å². The molecule has 25 heavy (non-hydrogen) atoms. The van der Waals surface area contributed by atoms with Crippen LogP contribution in [0.25, 0.3) is 0 Å². The molecule has 130 valence electrons. The van der Waals surface area contributed by atoms with E-state index in [2.05, 4.69) is 15.4 Å². The van der Waals surface area contributed by atoms with Crippen molar-refractivity contribution < 1.29 is 4.79 Å². The van der Waals surface area contributed by atoms with Crippen molar-refractivity contribution in [1.29, 1.82) is 0 Å². The number of benzene rings is 2. The molecule has 3 rings (SSSR count). The number of rotatable bonds is 5. The predicted octanol–water partition coefficient (Wildman–Crippen LogP) is 3.12. The highest BCUT2D eigenvalue weighted by Crippen LogP contribution is 2.20. The zero-order valence-corrected chi connectivity index (χ0v) is 14.8. The molecule has 5 nitrogen and oxygen atoms in total. The lowest BCUT2D eigenvalue weighted by Gasteiger charge is -2.17. The van der Waals surface area contributed by atoms with Gasteiger partial charge in [-0.2, -0.15) is 5.10 Å². The Balaban J connectivity index is 1.56. The second-order valence-corrected chi connectivity index (χ2v) is 6.43. The molecule has 2 aromatic rings. The predicted molar refractivity (Wildman–Crippen MR) is 104 cm³/mol. The van der Waals surface area contributed by atoms with Crippen molar-refractivity contribution >= 4 is 23.5 Å². The molecule has 1 aliphatic heterocycles. The maximum atomic E-state index is 12.2. The molecule has 1 amide bonds. The van der Waals surface area contributed by atoms with E-state index in [9.17, 15) is 4.79 Å². The van der Waals surface area contributed by atoms with Crippen LogP contribution in [0.4, 0.5) is 11.4 Å². The van der Waals surface area contributed by atoms with E-state index in [1.165, 1.54) is 18.5 Å². The van der Waals surface area contributed by atoms with E-state index in [1.54, 1.807) is 6.21 Å². The highest BCUT2D eigenvalue weighted by Gasteiger charge is 2.12. The number of nitrogens with zero attached hydrogens (tertiary/aromatic N) is 3. The summed E-state index contributed by atoms with van der Waals surface area (Å²) >= 11 is 0. The Hall–Kier alpha value is -2.82. The largest absolute Gasteiger partial charge is 0.378 e. The Morgan fingerprint density at radius 2 is 1.68 bits per heavy atom. The van der Waals surface area contributed by atoms with Gasteiger partial charge in [0, 0.05) is 44.1 Å². The highest BCUT2D eigenvalue weighted by molar-refractivity contribution is 5.95. The molecule has 5 heteroatoms. The van der Waals surface area contributed by atoms with Crippen LogP contribution >= 0.6 is 0 Å². The van der Waals surface area contributed by atoms with Crippen LogP contribution in [0.3, 0.4) is 0 Å². The summed E-state index contributed by atoms with van der Waals surface area (Å²) < 4.78 is 0. The molecule has 0 atom stereocenters. The fraction of sp³-hybridized carbons (Fsp3) is 0.300. The van der Waals surface area contributed by atoms with Crippen LogP contribution in [0.15, 0.2) is 53.6 Å². The van der Waals surface area contributed by atoms with E-state index < -0.39 is 0 Å². The maximum absolute atomic E-state index is 12.2. The van der Waals surface area contributed by atoms with Gasteiger partial charge in [-0.05, 0) is 54.8 Å². The highest BCUT2D eigenvalue weighted by atomic mass is 16.2. The molecule has 0 radical (unpaired) electrons. The van der Waals surface area contributed by atoms with E-state index >= 15 is 0 Å². The minimum atomic E-state index is -0.200. The quantitative estimate of drug-likeness (QED) is 0.674. The Morgan fingerprint density at radius 1 is 1.04 bits per heavy atom. The average Bonchev–Trinajstić information content (AvgIpc) is 3.17. The number of hydrogen-bond acceptors (Lipinski definition) is 4. The van der Waals surface area contributed by atoms with Crippen LogP contribution < -0.4 is 15.2 Å². The molecule has 1 heterocycles. The first-order valence-electron chi connectivity index (χ1n) is 8.59. The second-order valence-electron chi connectivity index (χ2n) is 6.43. The van der Waals surface area contributed by atoms with Crippen molar-refractivity contribution in [2.24, 2.45) is 5.10 Å². The number of carbonyl (C=O) groups is 1. The summed E-state index contributed by atoms with van der Waals surface area (Å²) in [6.45, 7) is 2.20. The topological polar surface area (TPSA) is 47.9 Å². The van der Waals surface area contributed by atoms with Crippen molar-refractivity contribution in [3.63, 3.8) is 0 Å². The normalized spacial score (nSPS) is 14.1. The minimum absolute atomic E-state index is 0.200. The summed E-state index contributed by atoms with van der Waals surface area (Å²) in [4.78, 5) is 16.5. The number of hydrazone groups is 1. The Kier molecular flexibility index (Phi) is 5.33. The first-order valence-corrected chi connectivity index (χ1v) is 8.59. The van der Waals surface area contributed by atoms with Gasteiger partial charge in [0.1, 0.15) is 0 Å². The molecule has 0 aromatic heterocycles. The molecule has 1 N–H and O–H groups in total. The smallest absolute Gasteiger partial charge is 0.271 e. The standard InChI is InChI=1S/C20H24N4O/c1-23(2)18-9-5-16(6-10-18)15-21-22-20(25)17-7-11-19(12-8-17)24-13-3-4-14-24/h5-12,15H,3-4,13-14H2,1-2H3,(H,22,25)/b21-15-. The summed E-state index contributed by atoms with van der Waals surface area (Å²) in [5.41, 5.74) is 6.44. The molecule has 0 saturated carbocycles. The molecule has 1 fully saturated rings. The van der Waals surface area contributed by atoms with Gasteiger partial charge in [-0.15, -0.1) is 0 Å². The average molecular weight is 336 g/mol. The maximum Gasteiger partial charge on any atom is 0.271 e. The molecular weight excluding hydrogens is 312 g/mol. The zero-order chi connectivity index (χ0) is 17.6. The summed E-state index contributed by atoms with van der Waals surface area (Å²) in [6.07, 6.45) is 4.13. The summed E-state index contributed by atoms with van der Waals surface area (Å²) in [6, 6.07) is 15.7. The van der Waals surface area contributed by atoms with Gasteiger partial charge in [0.2, 0.25) is 0 Å². The van der Waals surface area contributed by atoms with Crippen LogP contribution in [0.1, 0.15) is 28.8 Å². The first-order chi connectivity index (χ1) is 12.1. The van der Waals surface area contributed by atoms with Crippen molar-refractivity contribution in [2.75, 3.05) is 37.0 Å². The second kappa shape index (κ2) is 7.83. The first kappa shape index (κ1) is 17.0. The van der Waals surface area contributed by atoms with Gasteiger partial charge in [0.25, 0.3) is 5.91 Å². The molecular formula is C20H24N4O. The van der Waals surface area contributed by atoms with Gasteiger partial charge in [0.15, 0.2) is 0 Å². The monoisotopic (exact) mass is 336 g/mol. The lowest BCUT2D eigenvalue weighted by atomic mass is 10.2. The van der Waals surface area contributed by atoms with Gasteiger partial charge in [0.05, 0.1) is 6.21 Å². The van der Waals surface area contributed by atoms with E-state index in [-0.39, 0.29) is 5.91 Å². The zero-order valence-electron chi connectivity index (χ0n) is 14.8. The lowest BCUT2D eigenvalue weighted by molar-refractivity contribution is 0.0955. The van der Waals surface area contributed by atoms with Crippen LogP contribution in [-0.2, 0) is 0 Å². The minimum Gasteiger partial charge on any atom is -0.378 e. The van der Waals surface area contributed by atoms with Crippen molar-refractivity contribution in [3.05, 3.63) is 59.7 Å². The third kappa shape index (κ3) is 4.38. The number of carbonyl (C=O) groups excluding carboxylic acids is 1. The Morgan fingerprint density at radius 3 is 2.28 bits per heavy atom. The Labute approximate surface area is 148 Å². The van der Waals surface area contributed by atoms with Gasteiger partial charge in [-0.25, -0.2) is 5.43 Å². The van der Waals surface area contributed by atoms with Gasteiger partial charge >= 0.3 is 0 Å². The van der Waals surface area contributed by atoms with E-state index in [4.69, 9.17) is 0 Å². The van der Waals surface area contributed by atoms with E-state index in [0.717, 1.165) is 24.3 Å². The molecule has 2 aromatic carbocycles. The van der Waals surface area contributed by atoms with Gasteiger partial charge < -0.3 is 9.80 Å². The Bertz CT molecular complexity index is 729. The third-order valence-corrected chi connectivity index (χ3v) is 4.39. The third-order valence-electron chi connectivity index (χ3n) is 4.39. The lowest BCUT2D eigenvalue weighted by Crippen LogP contribution is -2.19. The van der Waals surface area contributed by atoms with Gasteiger partial charge in [-0.3, -0.25) is 4.79 Å². The molecule has 0 unspecified atom stereocenters. The molecule has 0 aliphatic carbocycles. The van der Waals surface area contributed by atoms with Crippen LogP contribution in [0.5, 0.6) is 0 Å². The van der Waals surface area contributed by atoms with E-state index in [1.807, 2.05) is 67.5 Å². The van der Waals surface area contributed by atoms with Crippen molar-refractivity contribution in [3.8, 4) is 0 Å². The SMILES string of the molecule is CN(C)c1ccc(/C=N\NC(=O)c2ccc(N3CCCC3)cc2)cc1. The molecule has 1 aliphatic rings. The van der Waals surface area contributed by atoms with Crippen LogP contribution in [-0.4, -0.2) is 39.3 Å². The van der Waals surface area contributed by atoms with Crippen LogP contribution in [0.2, 0.25) is 0 Å². The fourth-order valence-corrected chi connectivity index (χ4v) is 2.89. The molecule has 0 spiro atoms. The van der Waals surface area contributed by atoms with Crippen molar-refractivity contribution in [2.45, 2.75) is 12.8 Å². The number of hydrogen-bond donors (Lipinski definition) is 1. The van der Waals surface area contributed by atoms with Crippen molar-refractivity contribution in [1.82, 2.24) is 5.43 Å². The summed E-state index contributed by atoms with van der Waals surface area (Å²) in [5.74, 6) is -0.200. The summed E-state index contributed by atoms with van der Waals surface area (Å²) in [7, 11) is 4.00. The van der Waals surface area contributed by atoms with Crippen LogP contribution in [0, 0.1) is 0 Å². The fourth-order valence-electron chi connectivity index (χ4n) is 2.89. The molecule has 1 saturated heterocycles. The summed E-state index contributed by atoms with van der Waals surface area (Å²) in [5, 5.41) is 4.04.